The Morgan fingerprint density at radius 1 is 1.53 bits per heavy atom. The van der Waals surface area contributed by atoms with Crippen LogP contribution in [0.4, 0.5) is 10.1 Å². The van der Waals surface area contributed by atoms with Gasteiger partial charge in [-0.3, -0.25) is 0 Å². The van der Waals surface area contributed by atoms with E-state index in [0.717, 1.165) is 24.2 Å². The van der Waals surface area contributed by atoms with Crippen molar-refractivity contribution in [3.8, 4) is 0 Å². The van der Waals surface area contributed by atoms with E-state index in [1.807, 2.05) is 17.9 Å². The summed E-state index contributed by atoms with van der Waals surface area (Å²) in [5.74, 6) is -0.227. The van der Waals surface area contributed by atoms with Crippen LogP contribution in [-0.4, -0.2) is 37.5 Å². The average Bonchev–Trinajstić information content (AvgIpc) is 2.69. The molecule has 0 radical (unpaired) electrons. The van der Waals surface area contributed by atoms with Crippen LogP contribution < -0.4 is 4.90 Å². The number of hydrogen-bond acceptors (Lipinski definition) is 3. The van der Waals surface area contributed by atoms with Crippen molar-refractivity contribution in [1.82, 2.24) is 0 Å². The highest BCUT2D eigenvalue weighted by Crippen LogP contribution is 2.28. The van der Waals surface area contributed by atoms with Crippen LogP contribution in [-0.2, 0) is 11.2 Å². The Hall–Kier alpha value is -1.13. The van der Waals surface area contributed by atoms with E-state index < -0.39 is 6.10 Å². The summed E-state index contributed by atoms with van der Waals surface area (Å²) in [7, 11) is 0. The highest BCUT2D eigenvalue weighted by molar-refractivity contribution is 5.58. The fourth-order valence-corrected chi connectivity index (χ4v) is 2.17. The van der Waals surface area contributed by atoms with Gasteiger partial charge in [-0.05, 0) is 31.0 Å². The molecular weight excluding hydrogens is 221 g/mol. The molecular formula is C13H18FNO2. The zero-order valence-electron chi connectivity index (χ0n) is 10.0. The Bertz CT molecular complexity index is 384. The highest BCUT2D eigenvalue weighted by atomic mass is 19.1. The first-order chi connectivity index (χ1) is 8.20. The maximum Gasteiger partial charge on any atom is 0.125 e. The van der Waals surface area contributed by atoms with Crippen molar-refractivity contribution in [3.63, 3.8) is 0 Å². The van der Waals surface area contributed by atoms with Crippen LogP contribution in [0.25, 0.3) is 0 Å². The van der Waals surface area contributed by atoms with Gasteiger partial charge in [0.25, 0.3) is 0 Å². The minimum atomic E-state index is -0.524. The van der Waals surface area contributed by atoms with Gasteiger partial charge in [0.15, 0.2) is 0 Å². The quantitative estimate of drug-likeness (QED) is 0.847. The second kappa shape index (κ2) is 5.47. The van der Waals surface area contributed by atoms with Gasteiger partial charge in [0.05, 0.1) is 12.7 Å². The zero-order chi connectivity index (χ0) is 12.3. The van der Waals surface area contributed by atoms with Crippen LogP contribution in [0.15, 0.2) is 18.2 Å². The van der Waals surface area contributed by atoms with E-state index in [1.54, 1.807) is 0 Å². The van der Waals surface area contributed by atoms with Gasteiger partial charge in [-0.1, -0.05) is 6.07 Å². The number of ether oxygens (including phenoxy) is 1. The molecule has 3 nitrogen and oxygen atoms in total. The van der Waals surface area contributed by atoms with Crippen LogP contribution in [0.1, 0.15) is 12.5 Å². The van der Waals surface area contributed by atoms with Gasteiger partial charge in [0.2, 0.25) is 0 Å². The first kappa shape index (κ1) is 12.3. The smallest absolute Gasteiger partial charge is 0.125 e. The first-order valence-corrected chi connectivity index (χ1v) is 6.00. The summed E-state index contributed by atoms with van der Waals surface area (Å²) in [4.78, 5) is 2.02. The van der Waals surface area contributed by atoms with Crippen LogP contribution in [0, 0.1) is 5.82 Å². The minimum absolute atomic E-state index is 0.227. The van der Waals surface area contributed by atoms with Crippen LogP contribution in [0.5, 0.6) is 0 Å². The summed E-state index contributed by atoms with van der Waals surface area (Å²) in [6.07, 6.45) is 0.390. The van der Waals surface area contributed by atoms with Crippen LogP contribution >= 0.6 is 0 Å². The number of hydrogen-bond donors (Lipinski definition) is 1. The largest absolute Gasteiger partial charge is 0.389 e. The molecule has 17 heavy (non-hydrogen) atoms. The Morgan fingerprint density at radius 2 is 2.35 bits per heavy atom. The fourth-order valence-electron chi connectivity index (χ4n) is 2.17. The molecule has 2 rings (SSSR count). The highest BCUT2D eigenvalue weighted by Gasteiger charge is 2.21. The van der Waals surface area contributed by atoms with Crippen molar-refractivity contribution in [2.45, 2.75) is 19.4 Å². The Morgan fingerprint density at radius 3 is 3.12 bits per heavy atom. The molecule has 1 heterocycles. The molecule has 0 bridgehead atoms. The third kappa shape index (κ3) is 2.96. The molecule has 1 aliphatic heterocycles. The summed E-state index contributed by atoms with van der Waals surface area (Å²) in [6, 6.07) is 4.84. The van der Waals surface area contributed by atoms with Crippen molar-refractivity contribution in [3.05, 3.63) is 29.6 Å². The average molecular weight is 239 g/mol. The van der Waals surface area contributed by atoms with Crippen molar-refractivity contribution in [1.29, 1.82) is 0 Å². The lowest BCUT2D eigenvalue weighted by molar-refractivity contribution is 0.0465. The van der Waals surface area contributed by atoms with E-state index >= 15 is 0 Å². The number of halogens is 1. The second-order valence-electron chi connectivity index (χ2n) is 4.28. The molecule has 1 aliphatic rings. The second-order valence-corrected chi connectivity index (χ2v) is 4.28. The third-order valence-electron chi connectivity index (χ3n) is 2.98. The van der Waals surface area contributed by atoms with E-state index in [-0.39, 0.29) is 5.82 Å². The molecule has 0 aromatic heterocycles. The predicted octanol–water partition coefficient (Wildman–Crippen LogP) is 1.59. The normalized spacial score (nSPS) is 16.1. The number of β-amino-alcohol motifs (C(OH)–C–C–N with tert-alkyl or cyclic N) is 1. The summed E-state index contributed by atoms with van der Waals surface area (Å²) in [5.41, 5.74) is 2.05. The molecule has 1 N–H and O–H groups in total. The maximum absolute atomic E-state index is 13.2. The molecule has 0 fully saturated rings. The lowest BCUT2D eigenvalue weighted by Gasteiger charge is -2.22. The van der Waals surface area contributed by atoms with Gasteiger partial charge < -0.3 is 14.7 Å². The van der Waals surface area contributed by atoms with Crippen LogP contribution in [0.2, 0.25) is 0 Å². The van der Waals surface area contributed by atoms with Gasteiger partial charge >= 0.3 is 0 Å². The minimum Gasteiger partial charge on any atom is -0.389 e. The van der Waals surface area contributed by atoms with Crippen molar-refractivity contribution >= 4 is 5.69 Å². The lowest BCUT2D eigenvalue weighted by atomic mass is 10.2. The Labute approximate surface area is 101 Å². The third-order valence-corrected chi connectivity index (χ3v) is 2.98. The molecule has 94 valence electrons. The first-order valence-electron chi connectivity index (χ1n) is 6.00. The Kier molecular flexibility index (Phi) is 3.97. The number of fused-ring (bicyclic) bond motifs is 1. The Balaban J connectivity index is 1.99. The standard InChI is InChI=1S/C13H18FNO2/c1-2-17-9-12(16)8-15-6-5-10-3-4-11(14)7-13(10)15/h3-4,7,12,16H,2,5-6,8-9H2,1H3. The number of benzene rings is 1. The van der Waals surface area contributed by atoms with Gasteiger partial charge in [-0.15, -0.1) is 0 Å². The van der Waals surface area contributed by atoms with Gasteiger partial charge in [-0.25, -0.2) is 4.39 Å². The number of aliphatic hydroxyl groups excluding tert-OH is 1. The molecule has 0 amide bonds. The monoisotopic (exact) mass is 239 g/mol. The van der Waals surface area contributed by atoms with Crippen molar-refractivity contribution in [2.75, 3.05) is 31.2 Å². The molecule has 4 heteroatoms. The van der Waals surface area contributed by atoms with E-state index in [0.29, 0.717) is 19.8 Å². The number of rotatable bonds is 5. The molecule has 1 aromatic carbocycles. The predicted molar refractivity (Wildman–Crippen MR) is 64.8 cm³/mol. The van der Waals surface area contributed by atoms with E-state index in [9.17, 15) is 9.50 Å². The van der Waals surface area contributed by atoms with Gasteiger partial charge in [-0.2, -0.15) is 0 Å². The van der Waals surface area contributed by atoms with E-state index in [4.69, 9.17) is 4.74 Å². The molecule has 0 saturated carbocycles. The molecule has 1 unspecified atom stereocenters. The zero-order valence-corrected chi connectivity index (χ0v) is 10.0. The van der Waals surface area contributed by atoms with Crippen molar-refractivity contribution < 1.29 is 14.2 Å². The number of anilines is 1. The summed E-state index contributed by atoms with van der Waals surface area (Å²) < 4.78 is 18.3. The molecule has 0 spiro atoms. The molecule has 0 aliphatic carbocycles. The SMILES string of the molecule is CCOCC(O)CN1CCc2ccc(F)cc21. The number of nitrogens with zero attached hydrogens (tertiary/aromatic N) is 1. The van der Waals surface area contributed by atoms with Gasteiger partial charge in [0, 0.05) is 25.4 Å². The van der Waals surface area contributed by atoms with E-state index in [2.05, 4.69) is 0 Å². The van der Waals surface area contributed by atoms with E-state index in [1.165, 1.54) is 12.1 Å². The molecule has 1 atom stereocenters. The van der Waals surface area contributed by atoms with Crippen LogP contribution in [0.3, 0.4) is 0 Å². The number of aliphatic hydroxyl groups is 1. The lowest BCUT2D eigenvalue weighted by Crippen LogP contribution is -2.33. The summed E-state index contributed by atoms with van der Waals surface area (Å²) in [5, 5.41) is 9.78. The molecule has 1 aromatic rings. The summed E-state index contributed by atoms with van der Waals surface area (Å²) >= 11 is 0. The fraction of sp³-hybridized carbons (Fsp3) is 0.538. The molecule has 0 saturated heterocycles. The van der Waals surface area contributed by atoms with Gasteiger partial charge in [0.1, 0.15) is 5.82 Å². The van der Waals surface area contributed by atoms with Crippen molar-refractivity contribution in [2.24, 2.45) is 0 Å². The summed E-state index contributed by atoms with van der Waals surface area (Å²) in [6.45, 7) is 4.16. The maximum atomic E-state index is 13.2. The topological polar surface area (TPSA) is 32.7 Å².